The Kier molecular flexibility index (Phi) is 3.55. The lowest BCUT2D eigenvalue weighted by molar-refractivity contribution is 0.144. The molecule has 0 aliphatic heterocycles. The Bertz CT molecular complexity index is 319. The molecule has 0 amide bonds. The van der Waals surface area contributed by atoms with Crippen LogP contribution in [0.3, 0.4) is 0 Å². The third-order valence-electron chi connectivity index (χ3n) is 1.44. The fourth-order valence-corrected chi connectivity index (χ4v) is 1.43. The van der Waals surface area contributed by atoms with Gasteiger partial charge in [-0.05, 0) is 15.9 Å². The van der Waals surface area contributed by atoms with Crippen molar-refractivity contribution in [2.75, 3.05) is 0 Å². The molecule has 0 unspecified atom stereocenters. The van der Waals surface area contributed by atoms with Gasteiger partial charge in [0.2, 0.25) is 0 Å². The minimum atomic E-state index is -2.81. The Balaban J connectivity index is 3.30. The molecule has 0 N–H and O–H groups in total. The van der Waals surface area contributed by atoms with Crippen molar-refractivity contribution in [1.82, 2.24) is 4.98 Å². The second-order valence-electron chi connectivity index (χ2n) is 2.22. The molecule has 0 fully saturated rings. The van der Waals surface area contributed by atoms with Crippen molar-refractivity contribution in [3.05, 3.63) is 27.7 Å². The smallest absolute Gasteiger partial charge is 0.254 e. The van der Waals surface area contributed by atoms with Crippen molar-refractivity contribution >= 4 is 27.5 Å². The molecule has 1 aromatic rings. The molecule has 6 heteroatoms. The van der Waals surface area contributed by atoms with E-state index in [0.29, 0.717) is 0 Å². The highest BCUT2D eigenvalue weighted by molar-refractivity contribution is 9.10. The Hall–Kier alpha value is -0.290. The van der Waals surface area contributed by atoms with E-state index in [2.05, 4.69) is 20.9 Å². The molecule has 0 radical (unpaired) electrons. The van der Waals surface area contributed by atoms with E-state index in [4.69, 9.17) is 11.6 Å². The standard InChI is InChI=1S/C7H4BrClF3N/c8-4-2-13-6(7(11)12)3(1-9)5(4)10/h2,7H,1H2. The summed E-state index contributed by atoms with van der Waals surface area (Å²) in [7, 11) is 0. The minimum absolute atomic E-state index is 0.0348. The van der Waals surface area contributed by atoms with Crippen molar-refractivity contribution in [3.8, 4) is 0 Å². The van der Waals surface area contributed by atoms with Gasteiger partial charge >= 0.3 is 0 Å². The molecule has 1 nitrogen and oxygen atoms in total. The molecule has 13 heavy (non-hydrogen) atoms. The van der Waals surface area contributed by atoms with Crippen molar-refractivity contribution < 1.29 is 13.2 Å². The maximum Gasteiger partial charge on any atom is 0.280 e. The first kappa shape index (κ1) is 10.8. The normalized spacial score (nSPS) is 10.9. The van der Waals surface area contributed by atoms with Gasteiger partial charge in [-0.15, -0.1) is 11.6 Å². The van der Waals surface area contributed by atoms with Crippen LogP contribution in [0.1, 0.15) is 17.7 Å². The summed E-state index contributed by atoms with van der Waals surface area (Å²) in [6.45, 7) is 0. The van der Waals surface area contributed by atoms with E-state index in [1.54, 1.807) is 0 Å². The molecule has 0 aromatic carbocycles. The number of hydrogen-bond donors (Lipinski definition) is 0. The first-order valence-electron chi connectivity index (χ1n) is 3.24. The summed E-state index contributed by atoms with van der Waals surface area (Å²) in [5.41, 5.74) is -0.859. The van der Waals surface area contributed by atoms with Gasteiger partial charge in [0.05, 0.1) is 10.4 Å². The molecule has 0 aliphatic carbocycles. The summed E-state index contributed by atoms with van der Waals surface area (Å²) in [6, 6.07) is 0. The van der Waals surface area contributed by atoms with Gasteiger partial charge in [-0.25, -0.2) is 13.2 Å². The fourth-order valence-electron chi connectivity index (χ4n) is 0.833. The number of alkyl halides is 3. The summed E-state index contributed by atoms with van der Waals surface area (Å²) in [4.78, 5) is 3.39. The maximum absolute atomic E-state index is 13.1. The van der Waals surface area contributed by atoms with Gasteiger partial charge in [0.1, 0.15) is 11.5 Å². The molecule has 0 spiro atoms. The second-order valence-corrected chi connectivity index (χ2v) is 3.34. The highest BCUT2D eigenvalue weighted by Gasteiger charge is 2.19. The number of halogens is 5. The quantitative estimate of drug-likeness (QED) is 0.750. The van der Waals surface area contributed by atoms with Crippen molar-refractivity contribution in [1.29, 1.82) is 0 Å². The average Bonchev–Trinajstić information content (AvgIpc) is 2.09. The minimum Gasteiger partial charge on any atom is -0.254 e. The van der Waals surface area contributed by atoms with Gasteiger partial charge in [0.25, 0.3) is 6.43 Å². The molecule has 72 valence electrons. The van der Waals surface area contributed by atoms with E-state index in [1.165, 1.54) is 0 Å². The van der Waals surface area contributed by atoms with Crippen LogP contribution in [0.25, 0.3) is 0 Å². The number of hydrogen-bond acceptors (Lipinski definition) is 1. The number of rotatable bonds is 2. The van der Waals surface area contributed by atoms with Crippen LogP contribution in [-0.4, -0.2) is 4.98 Å². The van der Waals surface area contributed by atoms with Crippen LogP contribution in [0, 0.1) is 5.82 Å². The van der Waals surface area contributed by atoms with Crippen LogP contribution in [0.2, 0.25) is 0 Å². The van der Waals surface area contributed by atoms with Gasteiger partial charge < -0.3 is 0 Å². The van der Waals surface area contributed by atoms with Crippen LogP contribution in [-0.2, 0) is 5.88 Å². The molecule has 1 aromatic heterocycles. The molecule has 0 bridgehead atoms. The first-order valence-corrected chi connectivity index (χ1v) is 4.57. The highest BCUT2D eigenvalue weighted by atomic mass is 79.9. The van der Waals surface area contributed by atoms with Crippen LogP contribution >= 0.6 is 27.5 Å². The largest absolute Gasteiger partial charge is 0.280 e. The lowest BCUT2D eigenvalue weighted by Crippen LogP contribution is -2.00. The van der Waals surface area contributed by atoms with E-state index in [1.807, 2.05) is 0 Å². The molecule has 1 heterocycles. The Morgan fingerprint density at radius 2 is 2.15 bits per heavy atom. The Morgan fingerprint density at radius 1 is 1.54 bits per heavy atom. The van der Waals surface area contributed by atoms with Gasteiger partial charge in [-0.1, -0.05) is 0 Å². The lowest BCUT2D eigenvalue weighted by atomic mass is 10.2. The molecule has 0 saturated heterocycles. The van der Waals surface area contributed by atoms with Crippen LogP contribution in [0.4, 0.5) is 13.2 Å². The highest BCUT2D eigenvalue weighted by Crippen LogP contribution is 2.27. The Morgan fingerprint density at radius 3 is 2.62 bits per heavy atom. The summed E-state index contributed by atoms with van der Waals surface area (Å²) in [5.74, 6) is -1.10. The zero-order chi connectivity index (χ0) is 10.0. The van der Waals surface area contributed by atoms with Crippen molar-refractivity contribution in [2.24, 2.45) is 0 Å². The van der Waals surface area contributed by atoms with E-state index in [9.17, 15) is 13.2 Å². The molecular formula is C7H4BrClF3N. The third-order valence-corrected chi connectivity index (χ3v) is 2.26. The third kappa shape index (κ3) is 2.14. The van der Waals surface area contributed by atoms with Crippen LogP contribution in [0.15, 0.2) is 10.7 Å². The van der Waals surface area contributed by atoms with Gasteiger partial charge in [0, 0.05) is 11.8 Å². The Labute approximate surface area is 86.0 Å². The first-order chi connectivity index (χ1) is 6.07. The SMILES string of the molecule is Fc1c(Br)cnc(C(F)F)c1CCl. The molecule has 1 rings (SSSR count). The predicted molar refractivity (Wildman–Crippen MR) is 46.4 cm³/mol. The average molecular weight is 274 g/mol. The molecule has 0 atom stereocenters. The monoisotopic (exact) mass is 273 g/mol. The maximum atomic E-state index is 13.1. The van der Waals surface area contributed by atoms with Gasteiger partial charge in [0.15, 0.2) is 0 Å². The fraction of sp³-hybridized carbons (Fsp3) is 0.286. The predicted octanol–water partition coefficient (Wildman–Crippen LogP) is 3.66. The molecule has 0 saturated carbocycles. The zero-order valence-corrected chi connectivity index (χ0v) is 8.54. The van der Waals surface area contributed by atoms with E-state index in [0.717, 1.165) is 6.20 Å². The summed E-state index contributed by atoms with van der Waals surface area (Å²) in [5, 5.41) is 0. The zero-order valence-electron chi connectivity index (χ0n) is 6.20. The molecule has 0 aliphatic rings. The van der Waals surface area contributed by atoms with Gasteiger partial charge in [-0.3, -0.25) is 4.98 Å². The van der Waals surface area contributed by atoms with Crippen LogP contribution < -0.4 is 0 Å². The molecular weight excluding hydrogens is 270 g/mol. The second kappa shape index (κ2) is 4.28. The van der Waals surface area contributed by atoms with E-state index in [-0.39, 0.29) is 15.9 Å². The number of aromatic nitrogens is 1. The van der Waals surface area contributed by atoms with Crippen molar-refractivity contribution in [3.63, 3.8) is 0 Å². The van der Waals surface area contributed by atoms with E-state index >= 15 is 0 Å². The summed E-state index contributed by atoms with van der Waals surface area (Å²) >= 11 is 8.15. The van der Waals surface area contributed by atoms with E-state index < -0.39 is 17.9 Å². The van der Waals surface area contributed by atoms with Gasteiger partial charge in [-0.2, -0.15) is 0 Å². The summed E-state index contributed by atoms with van der Waals surface area (Å²) in [6.07, 6.45) is -1.82. The topological polar surface area (TPSA) is 12.9 Å². The van der Waals surface area contributed by atoms with Crippen LogP contribution in [0.5, 0.6) is 0 Å². The van der Waals surface area contributed by atoms with Crippen molar-refractivity contribution in [2.45, 2.75) is 12.3 Å². The number of pyridine rings is 1. The lowest BCUT2D eigenvalue weighted by Gasteiger charge is -2.06. The summed E-state index contributed by atoms with van der Waals surface area (Å²) < 4.78 is 37.6. The number of nitrogens with zero attached hydrogens (tertiary/aromatic N) is 1.